The SMILES string of the molecule is O=C(N/N=C\c1ccc(-c2ccc([N+](=O)[O-])cc2)o1)/C(=C\c1ccc2c(c1)OCO2)NC(=O)c1ccccc1. The summed E-state index contributed by atoms with van der Waals surface area (Å²) in [5, 5.41) is 17.4. The van der Waals surface area contributed by atoms with Crippen LogP contribution in [0.1, 0.15) is 21.7 Å². The summed E-state index contributed by atoms with van der Waals surface area (Å²) in [7, 11) is 0. The normalized spacial score (nSPS) is 12.4. The number of fused-ring (bicyclic) bond motifs is 1. The molecule has 2 amide bonds. The lowest BCUT2D eigenvalue weighted by Crippen LogP contribution is -2.32. The second-order valence-electron chi connectivity index (χ2n) is 8.20. The number of hydrogen-bond acceptors (Lipinski definition) is 8. The molecule has 4 aromatic rings. The third-order valence-electron chi connectivity index (χ3n) is 5.58. The number of nitrogens with one attached hydrogen (secondary N) is 2. The first-order chi connectivity index (χ1) is 19.0. The molecule has 0 saturated heterocycles. The molecule has 11 nitrogen and oxygen atoms in total. The lowest BCUT2D eigenvalue weighted by atomic mass is 10.1. The van der Waals surface area contributed by atoms with Crippen molar-refractivity contribution in [3.8, 4) is 22.8 Å². The van der Waals surface area contributed by atoms with Crippen molar-refractivity contribution >= 4 is 29.8 Å². The molecule has 3 aromatic carbocycles. The molecule has 0 bridgehead atoms. The highest BCUT2D eigenvalue weighted by Gasteiger charge is 2.17. The first kappa shape index (κ1) is 25.0. The van der Waals surface area contributed by atoms with Gasteiger partial charge < -0.3 is 19.2 Å². The summed E-state index contributed by atoms with van der Waals surface area (Å²) in [4.78, 5) is 36.1. The van der Waals surface area contributed by atoms with E-state index in [1.165, 1.54) is 24.4 Å². The third-order valence-corrected chi connectivity index (χ3v) is 5.58. The van der Waals surface area contributed by atoms with Crippen LogP contribution in [-0.2, 0) is 4.79 Å². The molecule has 2 heterocycles. The molecular weight excluding hydrogens is 504 g/mol. The highest BCUT2D eigenvalue weighted by atomic mass is 16.7. The predicted octanol–water partition coefficient (Wildman–Crippen LogP) is 4.50. The van der Waals surface area contributed by atoms with E-state index >= 15 is 0 Å². The molecule has 0 fully saturated rings. The number of hydrogen-bond donors (Lipinski definition) is 2. The zero-order chi connectivity index (χ0) is 27.2. The summed E-state index contributed by atoms with van der Waals surface area (Å²) in [6.45, 7) is 0.105. The highest BCUT2D eigenvalue weighted by Crippen LogP contribution is 2.33. The topological polar surface area (TPSA) is 145 Å². The monoisotopic (exact) mass is 524 g/mol. The first-order valence-electron chi connectivity index (χ1n) is 11.6. The Morgan fingerprint density at radius 3 is 2.46 bits per heavy atom. The minimum atomic E-state index is -0.671. The second kappa shape index (κ2) is 11.1. The van der Waals surface area contributed by atoms with Gasteiger partial charge in [0, 0.05) is 23.3 Å². The average Bonchev–Trinajstić information content (AvgIpc) is 3.63. The Morgan fingerprint density at radius 1 is 0.923 bits per heavy atom. The maximum absolute atomic E-state index is 13.0. The van der Waals surface area contributed by atoms with Crippen molar-refractivity contribution < 1.29 is 28.4 Å². The maximum atomic E-state index is 13.0. The molecule has 1 aromatic heterocycles. The van der Waals surface area contributed by atoms with E-state index in [-0.39, 0.29) is 18.2 Å². The molecule has 5 rings (SSSR count). The van der Waals surface area contributed by atoms with Gasteiger partial charge in [0.2, 0.25) is 6.79 Å². The zero-order valence-electron chi connectivity index (χ0n) is 20.2. The number of hydrazone groups is 1. The standard InChI is InChI=1S/C28H20N4O7/c33-27(20-4-2-1-3-5-20)30-23(14-18-6-12-25-26(15-18)38-17-37-25)28(34)31-29-16-22-11-13-24(39-22)19-7-9-21(10-8-19)32(35)36/h1-16H,17H2,(H,30,33)(H,31,34)/b23-14+,29-16-. The van der Waals surface area contributed by atoms with E-state index in [4.69, 9.17) is 13.9 Å². The Bertz CT molecular complexity index is 1590. The number of nitrogens with zero attached hydrogens (tertiary/aromatic N) is 2. The summed E-state index contributed by atoms with van der Waals surface area (Å²) in [6, 6.07) is 22.8. The number of carbonyl (C=O) groups is 2. The van der Waals surface area contributed by atoms with Gasteiger partial charge in [0.25, 0.3) is 17.5 Å². The van der Waals surface area contributed by atoms with E-state index in [0.29, 0.717) is 39.7 Å². The van der Waals surface area contributed by atoms with Crippen LogP contribution >= 0.6 is 0 Å². The molecule has 194 valence electrons. The molecule has 0 radical (unpaired) electrons. The minimum Gasteiger partial charge on any atom is -0.455 e. The number of furan rings is 1. The van der Waals surface area contributed by atoms with Crippen LogP contribution in [0.25, 0.3) is 17.4 Å². The van der Waals surface area contributed by atoms with Crippen LogP contribution in [-0.4, -0.2) is 29.7 Å². The summed E-state index contributed by atoms with van der Waals surface area (Å²) in [6.07, 6.45) is 2.79. The van der Waals surface area contributed by atoms with Gasteiger partial charge in [-0.2, -0.15) is 5.10 Å². The molecule has 39 heavy (non-hydrogen) atoms. The first-order valence-corrected chi connectivity index (χ1v) is 11.6. The number of rotatable bonds is 8. The van der Waals surface area contributed by atoms with Gasteiger partial charge in [-0.05, 0) is 60.2 Å². The van der Waals surface area contributed by atoms with E-state index in [9.17, 15) is 19.7 Å². The Morgan fingerprint density at radius 2 is 1.69 bits per heavy atom. The molecule has 0 saturated carbocycles. The Labute approximate surface area is 221 Å². The van der Waals surface area contributed by atoms with Crippen molar-refractivity contribution in [1.82, 2.24) is 10.7 Å². The number of non-ortho nitro benzene ring substituents is 1. The van der Waals surface area contributed by atoms with Crippen molar-refractivity contribution in [2.45, 2.75) is 0 Å². The number of ether oxygens (including phenoxy) is 2. The molecule has 1 aliphatic heterocycles. The van der Waals surface area contributed by atoms with E-state index in [1.807, 2.05) is 0 Å². The van der Waals surface area contributed by atoms with Gasteiger partial charge in [0.15, 0.2) is 11.5 Å². The lowest BCUT2D eigenvalue weighted by molar-refractivity contribution is -0.384. The Kier molecular flexibility index (Phi) is 7.13. The molecule has 1 aliphatic rings. The van der Waals surface area contributed by atoms with Crippen molar-refractivity contribution in [3.05, 3.63) is 118 Å². The second-order valence-corrected chi connectivity index (χ2v) is 8.20. The van der Waals surface area contributed by atoms with Gasteiger partial charge >= 0.3 is 0 Å². The Balaban J connectivity index is 1.31. The Hall–Kier alpha value is -5.71. The van der Waals surface area contributed by atoms with Crippen molar-refractivity contribution in [1.29, 1.82) is 0 Å². The highest BCUT2D eigenvalue weighted by molar-refractivity contribution is 6.05. The van der Waals surface area contributed by atoms with Gasteiger partial charge in [-0.25, -0.2) is 5.43 Å². The van der Waals surface area contributed by atoms with E-state index < -0.39 is 16.7 Å². The van der Waals surface area contributed by atoms with Crippen molar-refractivity contribution in [2.75, 3.05) is 6.79 Å². The van der Waals surface area contributed by atoms with Crippen LogP contribution in [0.4, 0.5) is 5.69 Å². The quantitative estimate of drug-likeness (QED) is 0.149. The summed E-state index contributed by atoms with van der Waals surface area (Å²) < 4.78 is 16.4. The molecule has 11 heteroatoms. The van der Waals surface area contributed by atoms with E-state index in [2.05, 4.69) is 15.8 Å². The predicted molar refractivity (Wildman–Crippen MR) is 141 cm³/mol. The van der Waals surface area contributed by atoms with Crippen LogP contribution in [0.2, 0.25) is 0 Å². The van der Waals surface area contributed by atoms with Crippen LogP contribution in [0, 0.1) is 10.1 Å². The lowest BCUT2D eigenvalue weighted by Gasteiger charge is -2.09. The van der Waals surface area contributed by atoms with E-state index in [1.54, 1.807) is 72.8 Å². The van der Waals surface area contributed by atoms with Gasteiger partial charge in [-0.3, -0.25) is 19.7 Å². The van der Waals surface area contributed by atoms with Gasteiger partial charge in [0.1, 0.15) is 17.2 Å². The molecule has 0 aliphatic carbocycles. The van der Waals surface area contributed by atoms with Crippen LogP contribution in [0.5, 0.6) is 11.5 Å². The summed E-state index contributed by atoms with van der Waals surface area (Å²) in [5.74, 6) is 0.769. The summed E-state index contributed by atoms with van der Waals surface area (Å²) >= 11 is 0. The van der Waals surface area contributed by atoms with Crippen molar-refractivity contribution in [3.63, 3.8) is 0 Å². The van der Waals surface area contributed by atoms with Crippen LogP contribution in [0.15, 0.2) is 100 Å². The smallest absolute Gasteiger partial charge is 0.287 e. The number of nitro groups is 1. The fourth-order valence-corrected chi connectivity index (χ4v) is 3.65. The molecule has 0 unspecified atom stereocenters. The molecule has 0 atom stereocenters. The largest absolute Gasteiger partial charge is 0.455 e. The van der Waals surface area contributed by atoms with Gasteiger partial charge in [-0.1, -0.05) is 24.3 Å². The fourth-order valence-electron chi connectivity index (χ4n) is 3.65. The molecular formula is C28H20N4O7. The van der Waals surface area contributed by atoms with Gasteiger partial charge in [0.05, 0.1) is 11.1 Å². The maximum Gasteiger partial charge on any atom is 0.287 e. The fraction of sp³-hybridized carbons (Fsp3) is 0.0357. The molecule has 2 N–H and O–H groups in total. The van der Waals surface area contributed by atoms with Crippen molar-refractivity contribution in [2.24, 2.45) is 5.10 Å². The average molecular weight is 524 g/mol. The zero-order valence-corrected chi connectivity index (χ0v) is 20.2. The minimum absolute atomic E-state index is 0.0289. The molecule has 0 spiro atoms. The van der Waals surface area contributed by atoms with E-state index in [0.717, 1.165) is 0 Å². The third kappa shape index (κ3) is 6.00. The van der Waals surface area contributed by atoms with Crippen LogP contribution < -0.4 is 20.2 Å². The van der Waals surface area contributed by atoms with Crippen LogP contribution in [0.3, 0.4) is 0 Å². The number of nitro benzene ring substituents is 1. The number of carbonyl (C=O) groups excluding carboxylic acids is 2. The van der Waals surface area contributed by atoms with Gasteiger partial charge in [-0.15, -0.1) is 0 Å². The number of amides is 2. The number of benzene rings is 3. The summed E-state index contributed by atoms with van der Waals surface area (Å²) in [5.41, 5.74) is 3.92.